The van der Waals surface area contributed by atoms with Crippen LogP contribution >= 0.6 is 23.4 Å². The first-order valence-electron chi connectivity index (χ1n) is 11.0. The lowest BCUT2D eigenvalue weighted by Crippen LogP contribution is -2.38. The van der Waals surface area contributed by atoms with Gasteiger partial charge in [0.1, 0.15) is 6.61 Å². The minimum Gasteiger partial charge on any atom is -0.460 e. The number of hydrogen-bond donors (Lipinski definition) is 1. The van der Waals surface area contributed by atoms with E-state index in [1.54, 1.807) is 32.5 Å². The van der Waals surface area contributed by atoms with E-state index >= 15 is 0 Å². The Morgan fingerprint density at radius 2 is 1.94 bits per heavy atom. The first-order valence-corrected chi connectivity index (χ1v) is 12.3. The second kappa shape index (κ2) is 11.5. The first kappa shape index (κ1) is 25.0. The number of hydrogen-bond acceptors (Lipinski definition) is 8. The van der Waals surface area contributed by atoms with E-state index in [9.17, 15) is 9.59 Å². The van der Waals surface area contributed by atoms with Crippen LogP contribution in [-0.4, -0.2) is 47.3 Å². The predicted molar refractivity (Wildman–Crippen MR) is 135 cm³/mol. The van der Waals surface area contributed by atoms with Crippen molar-refractivity contribution in [2.45, 2.75) is 25.9 Å². The maximum atomic E-state index is 13.2. The van der Waals surface area contributed by atoms with Crippen molar-refractivity contribution in [3.8, 4) is 0 Å². The van der Waals surface area contributed by atoms with Gasteiger partial charge in [-0.15, -0.1) is 0 Å². The number of esters is 1. The molecular weight excluding hydrogens is 488 g/mol. The number of aliphatic imine (C=N–C) groups is 1. The Balaban J connectivity index is 1.60. The summed E-state index contributed by atoms with van der Waals surface area (Å²) in [5.74, 6) is -0.644. The topological polar surface area (TPSA) is 93.1 Å². The number of ether oxygens (including phenoxy) is 2. The standard InChI is InChI=1S/C25H25ClN4O4S/c1-16-22(24(32)34-12-11-33-2)23(19-5-3-4-6-20(19)26)30-18(15-35-25(30)29-16)13-21(31)28-14-17-7-9-27-10-8-17/h3-10,15,23H,11-14H2,1-2H3,(H,28,31). The summed E-state index contributed by atoms with van der Waals surface area (Å²) in [4.78, 5) is 36.5. The van der Waals surface area contributed by atoms with Crippen LogP contribution in [0.1, 0.15) is 30.5 Å². The van der Waals surface area contributed by atoms with Crippen molar-refractivity contribution in [2.24, 2.45) is 4.99 Å². The van der Waals surface area contributed by atoms with Gasteiger partial charge in [0, 0.05) is 36.8 Å². The molecule has 0 fully saturated rings. The number of nitrogens with one attached hydrogen (secondary N) is 1. The third-order valence-corrected chi connectivity index (χ3v) is 6.75. The zero-order chi connectivity index (χ0) is 24.8. The van der Waals surface area contributed by atoms with Crippen LogP contribution in [-0.2, 0) is 25.6 Å². The first-order chi connectivity index (χ1) is 17.0. The smallest absolute Gasteiger partial charge is 0.338 e. The lowest BCUT2D eigenvalue weighted by Gasteiger charge is -2.36. The van der Waals surface area contributed by atoms with E-state index in [1.165, 1.54) is 11.8 Å². The Kier molecular flexibility index (Phi) is 8.22. The van der Waals surface area contributed by atoms with E-state index in [1.807, 2.05) is 40.6 Å². The molecule has 4 rings (SSSR count). The minimum atomic E-state index is -0.583. The number of carbonyl (C=O) groups is 2. The molecule has 2 aliphatic rings. The highest BCUT2D eigenvalue weighted by Crippen LogP contribution is 2.46. The molecule has 0 bridgehead atoms. The Labute approximate surface area is 213 Å². The number of thioether (sulfide) groups is 1. The number of aromatic nitrogens is 1. The second-order valence-corrected chi connectivity index (χ2v) is 9.10. The molecule has 0 saturated carbocycles. The monoisotopic (exact) mass is 512 g/mol. The minimum absolute atomic E-state index is 0.114. The molecule has 1 unspecified atom stereocenters. The summed E-state index contributed by atoms with van der Waals surface area (Å²) in [6.45, 7) is 2.58. The third-order valence-electron chi connectivity index (χ3n) is 5.52. The number of amides is 1. The molecule has 1 amide bonds. The maximum absolute atomic E-state index is 13.2. The van der Waals surface area contributed by atoms with Crippen LogP contribution in [0.25, 0.3) is 0 Å². The predicted octanol–water partition coefficient (Wildman–Crippen LogP) is 4.21. The van der Waals surface area contributed by atoms with Gasteiger partial charge in [0.2, 0.25) is 5.91 Å². The Morgan fingerprint density at radius 1 is 1.17 bits per heavy atom. The number of rotatable bonds is 9. The number of halogens is 1. The van der Waals surface area contributed by atoms with E-state index in [4.69, 9.17) is 21.1 Å². The molecule has 2 aliphatic heterocycles. The molecule has 1 N–H and O–H groups in total. The van der Waals surface area contributed by atoms with E-state index < -0.39 is 12.0 Å². The van der Waals surface area contributed by atoms with Crippen molar-refractivity contribution in [1.82, 2.24) is 15.2 Å². The van der Waals surface area contributed by atoms with Crippen LogP contribution in [0.15, 0.2) is 76.2 Å². The van der Waals surface area contributed by atoms with E-state index in [2.05, 4.69) is 15.3 Å². The molecule has 8 nitrogen and oxygen atoms in total. The van der Waals surface area contributed by atoms with Crippen LogP contribution in [0.4, 0.5) is 0 Å². The summed E-state index contributed by atoms with van der Waals surface area (Å²) >= 11 is 8.00. The normalized spacial score (nSPS) is 17.0. The molecule has 0 aliphatic carbocycles. The van der Waals surface area contributed by atoms with Crippen LogP contribution in [0, 0.1) is 0 Å². The van der Waals surface area contributed by atoms with Gasteiger partial charge in [0.05, 0.1) is 30.3 Å². The Morgan fingerprint density at radius 3 is 2.69 bits per heavy atom. The van der Waals surface area contributed by atoms with Gasteiger partial charge in [-0.3, -0.25) is 9.78 Å². The number of pyridine rings is 1. The summed E-state index contributed by atoms with van der Waals surface area (Å²) in [5.41, 5.74) is 3.33. The zero-order valence-electron chi connectivity index (χ0n) is 19.4. The fourth-order valence-electron chi connectivity index (χ4n) is 3.85. The van der Waals surface area contributed by atoms with Gasteiger partial charge in [-0.25, -0.2) is 9.79 Å². The summed E-state index contributed by atoms with van der Waals surface area (Å²) in [5, 5.41) is 6.01. The lowest BCUT2D eigenvalue weighted by atomic mass is 9.93. The largest absolute Gasteiger partial charge is 0.460 e. The number of allylic oxidation sites excluding steroid dienone is 1. The molecular formula is C25H25ClN4O4S. The Bertz CT molecular complexity index is 1200. The molecule has 10 heteroatoms. The average molecular weight is 513 g/mol. The quantitative estimate of drug-likeness (QED) is 0.397. The van der Waals surface area contributed by atoms with E-state index in [0.717, 1.165) is 16.8 Å². The second-order valence-electron chi connectivity index (χ2n) is 7.85. The van der Waals surface area contributed by atoms with Gasteiger partial charge in [-0.05, 0) is 41.7 Å². The summed E-state index contributed by atoms with van der Waals surface area (Å²) in [6, 6.07) is 10.5. The average Bonchev–Trinajstić information content (AvgIpc) is 3.25. The zero-order valence-corrected chi connectivity index (χ0v) is 20.9. The maximum Gasteiger partial charge on any atom is 0.338 e. The molecule has 2 aromatic rings. The molecule has 1 aromatic heterocycles. The van der Waals surface area contributed by atoms with Crippen LogP contribution in [0.5, 0.6) is 0 Å². The van der Waals surface area contributed by atoms with Crippen molar-refractivity contribution >= 4 is 40.4 Å². The summed E-state index contributed by atoms with van der Waals surface area (Å²) < 4.78 is 10.5. The summed E-state index contributed by atoms with van der Waals surface area (Å²) in [7, 11) is 1.54. The fourth-order valence-corrected chi connectivity index (χ4v) is 5.05. The molecule has 1 aromatic carbocycles. The highest BCUT2D eigenvalue weighted by atomic mass is 35.5. The van der Waals surface area contributed by atoms with Gasteiger partial charge in [0.15, 0.2) is 5.17 Å². The fraction of sp³-hybridized carbons (Fsp3) is 0.280. The SMILES string of the molecule is COCCOC(=O)C1=C(C)N=C2SC=C(CC(=O)NCc3ccncc3)N2C1c1ccccc1Cl. The van der Waals surface area contributed by atoms with E-state index in [0.29, 0.717) is 28.0 Å². The Hall–Kier alpha value is -3.14. The van der Waals surface area contributed by atoms with Gasteiger partial charge in [-0.1, -0.05) is 41.6 Å². The van der Waals surface area contributed by atoms with Gasteiger partial charge in [0.25, 0.3) is 0 Å². The number of carbonyl (C=O) groups excluding carboxylic acids is 2. The van der Waals surface area contributed by atoms with Crippen LogP contribution in [0.2, 0.25) is 5.02 Å². The highest BCUT2D eigenvalue weighted by Gasteiger charge is 2.41. The molecule has 0 radical (unpaired) electrons. The lowest BCUT2D eigenvalue weighted by molar-refractivity contribution is -0.141. The van der Waals surface area contributed by atoms with Crippen LogP contribution < -0.4 is 5.32 Å². The number of benzene rings is 1. The van der Waals surface area contributed by atoms with Crippen LogP contribution in [0.3, 0.4) is 0 Å². The molecule has 182 valence electrons. The van der Waals surface area contributed by atoms with Crippen molar-refractivity contribution in [2.75, 3.05) is 20.3 Å². The molecule has 0 saturated heterocycles. The number of nitrogens with zero attached hydrogens (tertiary/aromatic N) is 3. The van der Waals surface area contributed by atoms with Crippen molar-refractivity contribution in [1.29, 1.82) is 0 Å². The number of amidine groups is 1. The third kappa shape index (κ3) is 5.75. The molecule has 35 heavy (non-hydrogen) atoms. The highest BCUT2D eigenvalue weighted by molar-refractivity contribution is 8.16. The van der Waals surface area contributed by atoms with Gasteiger partial charge >= 0.3 is 5.97 Å². The van der Waals surface area contributed by atoms with Crippen molar-refractivity contribution in [3.05, 3.63) is 87.3 Å². The number of methoxy groups -OCH3 is 1. The van der Waals surface area contributed by atoms with Gasteiger partial charge < -0.3 is 19.7 Å². The van der Waals surface area contributed by atoms with E-state index in [-0.39, 0.29) is 25.5 Å². The number of fused-ring (bicyclic) bond motifs is 1. The van der Waals surface area contributed by atoms with Crippen molar-refractivity contribution in [3.63, 3.8) is 0 Å². The molecule has 0 spiro atoms. The van der Waals surface area contributed by atoms with Gasteiger partial charge in [-0.2, -0.15) is 0 Å². The molecule has 3 heterocycles. The summed E-state index contributed by atoms with van der Waals surface area (Å²) in [6.07, 6.45) is 3.48. The van der Waals surface area contributed by atoms with Crippen molar-refractivity contribution < 1.29 is 19.1 Å². The molecule has 1 atom stereocenters.